The normalized spacial score (nSPS) is 21.3. The van der Waals surface area contributed by atoms with Crippen molar-refractivity contribution in [2.24, 2.45) is 11.1 Å². The first-order valence-corrected chi connectivity index (χ1v) is 6.40. The maximum absolute atomic E-state index is 12.3. The molecule has 1 fully saturated rings. The zero-order chi connectivity index (χ0) is 12.9. The van der Waals surface area contributed by atoms with E-state index in [4.69, 9.17) is 10.8 Å². The Morgan fingerprint density at radius 3 is 2.35 bits per heavy atom. The molecule has 0 aromatic rings. The Morgan fingerprint density at radius 1 is 1.35 bits per heavy atom. The van der Waals surface area contributed by atoms with Gasteiger partial charge < -0.3 is 15.7 Å². The molecule has 1 atom stereocenters. The molecule has 0 spiro atoms. The number of piperazine rings is 1. The minimum Gasteiger partial charge on any atom is -0.395 e. The van der Waals surface area contributed by atoms with Crippen LogP contribution >= 0.6 is 0 Å². The van der Waals surface area contributed by atoms with Gasteiger partial charge in [0.15, 0.2) is 0 Å². The van der Waals surface area contributed by atoms with E-state index in [0.717, 1.165) is 32.6 Å². The predicted octanol–water partition coefficient (Wildman–Crippen LogP) is -0.502. The molecular formula is C12H25N3O2. The second kappa shape index (κ2) is 6.33. The van der Waals surface area contributed by atoms with Crippen molar-refractivity contribution in [2.75, 3.05) is 45.9 Å². The van der Waals surface area contributed by atoms with Crippen LogP contribution in [0.25, 0.3) is 0 Å². The summed E-state index contributed by atoms with van der Waals surface area (Å²) < 4.78 is 0. The van der Waals surface area contributed by atoms with E-state index in [-0.39, 0.29) is 12.5 Å². The number of aliphatic hydroxyl groups excluding tert-OH is 1. The molecule has 0 aromatic carbocycles. The molecule has 0 radical (unpaired) electrons. The molecule has 0 bridgehead atoms. The van der Waals surface area contributed by atoms with E-state index in [9.17, 15) is 4.79 Å². The standard InChI is InChI=1S/C12H25N3O2/c1-3-12(2,10-13)11(17)15-6-4-14(5-7-15)8-9-16/h16H,3-10,13H2,1-2H3. The number of amides is 1. The largest absolute Gasteiger partial charge is 0.395 e. The van der Waals surface area contributed by atoms with E-state index < -0.39 is 5.41 Å². The summed E-state index contributed by atoms with van der Waals surface area (Å²) in [4.78, 5) is 16.4. The second-order valence-corrected chi connectivity index (χ2v) is 4.98. The van der Waals surface area contributed by atoms with Gasteiger partial charge in [0, 0.05) is 39.3 Å². The molecule has 1 unspecified atom stereocenters. The number of β-amino-alcohol motifs (C(OH)–C–C–N with tert-alkyl or cyclic N) is 1. The van der Waals surface area contributed by atoms with Crippen LogP contribution in [0.15, 0.2) is 0 Å². The smallest absolute Gasteiger partial charge is 0.229 e. The Balaban J connectivity index is 2.51. The summed E-state index contributed by atoms with van der Waals surface area (Å²) in [6, 6.07) is 0. The van der Waals surface area contributed by atoms with Gasteiger partial charge in [-0.15, -0.1) is 0 Å². The third-order valence-corrected chi connectivity index (χ3v) is 3.82. The van der Waals surface area contributed by atoms with Crippen molar-refractivity contribution < 1.29 is 9.90 Å². The van der Waals surface area contributed by atoms with Crippen LogP contribution in [-0.2, 0) is 4.79 Å². The molecule has 1 aliphatic rings. The molecule has 1 amide bonds. The van der Waals surface area contributed by atoms with E-state index in [1.54, 1.807) is 0 Å². The topological polar surface area (TPSA) is 69.8 Å². The van der Waals surface area contributed by atoms with Crippen LogP contribution in [0.4, 0.5) is 0 Å². The van der Waals surface area contributed by atoms with E-state index in [1.165, 1.54) is 0 Å². The molecule has 5 heteroatoms. The molecule has 1 saturated heterocycles. The zero-order valence-corrected chi connectivity index (χ0v) is 11.0. The average Bonchev–Trinajstić information content (AvgIpc) is 2.38. The Bertz CT molecular complexity index is 246. The minimum absolute atomic E-state index is 0.172. The molecule has 100 valence electrons. The zero-order valence-electron chi connectivity index (χ0n) is 11.0. The molecule has 5 nitrogen and oxygen atoms in total. The molecule has 0 aromatic heterocycles. The van der Waals surface area contributed by atoms with Gasteiger partial charge in [0.1, 0.15) is 0 Å². The number of carbonyl (C=O) groups excluding carboxylic acids is 1. The first-order chi connectivity index (χ1) is 8.07. The van der Waals surface area contributed by atoms with Gasteiger partial charge in [-0.05, 0) is 13.3 Å². The molecule has 3 N–H and O–H groups in total. The number of hydrogen-bond acceptors (Lipinski definition) is 4. The molecule has 0 aliphatic carbocycles. The highest BCUT2D eigenvalue weighted by molar-refractivity contribution is 5.82. The van der Waals surface area contributed by atoms with Gasteiger partial charge in [-0.2, -0.15) is 0 Å². The Hall–Kier alpha value is -0.650. The summed E-state index contributed by atoms with van der Waals surface area (Å²) in [6.45, 7) is 8.41. The fourth-order valence-electron chi connectivity index (χ4n) is 2.08. The van der Waals surface area contributed by atoms with Gasteiger partial charge in [-0.25, -0.2) is 0 Å². The van der Waals surface area contributed by atoms with Crippen molar-refractivity contribution >= 4 is 5.91 Å². The van der Waals surface area contributed by atoms with Crippen LogP contribution < -0.4 is 5.73 Å². The molecule has 1 aliphatic heterocycles. The summed E-state index contributed by atoms with van der Waals surface area (Å²) in [5, 5.41) is 8.86. The number of aliphatic hydroxyl groups is 1. The van der Waals surface area contributed by atoms with E-state index in [0.29, 0.717) is 13.1 Å². The fraction of sp³-hybridized carbons (Fsp3) is 0.917. The second-order valence-electron chi connectivity index (χ2n) is 4.98. The number of nitrogens with zero attached hydrogens (tertiary/aromatic N) is 2. The van der Waals surface area contributed by atoms with Crippen molar-refractivity contribution in [2.45, 2.75) is 20.3 Å². The first-order valence-electron chi connectivity index (χ1n) is 6.40. The van der Waals surface area contributed by atoms with Crippen molar-refractivity contribution in [1.82, 2.24) is 9.80 Å². The fourth-order valence-corrected chi connectivity index (χ4v) is 2.08. The van der Waals surface area contributed by atoms with Crippen molar-refractivity contribution in [3.63, 3.8) is 0 Å². The lowest BCUT2D eigenvalue weighted by molar-refractivity contribution is -0.142. The van der Waals surface area contributed by atoms with Gasteiger partial charge in [-0.3, -0.25) is 9.69 Å². The lowest BCUT2D eigenvalue weighted by atomic mass is 9.86. The maximum Gasteiger partial charge on any atom is 0.229 e. The number of hydrogen-bond donors (Lipinski definition) is 2. The average molecular weight is 243 g/mol. The highest BCUT2D eigenvalue weighted by Crippen LogP contribution is 2.23. The lowest BCUT2D eigenvalue weighted by Crippen LogP contribution is -2.54. The number of nitrogens with two attached hydrogens (primary N) is 1. The van der Waals surface area contributed by atoms with Crippen LogP contribution in [0.5, 0.6) is 0 Å². The third kappa shape index (κ3) is 3.40. The van der Waals surface area contributed by atoms with Gasteiger partial charge in [0.25, 0.3) is 0 Å². The lowest BCUT2D eigenvalue weighted by Gasteiger charge is -2.39. The molecule has 17 heavy (non-hydrogen) atoms. The van der Waals surface area contributed by atoms with Crippen molar-refractivity contribution in [3.8, 4) is 0 Å². The number of rotatable bonds is 5. The van der Waals surface area contributed by atoms with Crippen LogP contribution in [0.1, 0.15) is 20.3 Å². The summed E-state index contributed by atoms with van der Waals surface area (Å²) in [7, 11) is 0. The highest BCUT2D eigenvalue weighted by Gasteiger charge is 2.34. The Kier molecular flexibility index (Phi) is 5.36. The Labute approximate surface area is 104 Å². The maximum atomic E-state index is 12.3. The van der Waals surface area contributed by atoms with Gasteiger partial charge in [0.05, 0.1) is 12.0 Å². The van der Waals surface area contributed by atoms with Crippen LogP contribution in [0, 0.1) is 5.41 Å². The van der Waals surface area contributed by atoms with Crippen LogP contribution in [0.3, 0.4) is 0 Å². The van der Waals surface area contributed by atoms with Gasteiger partial charge in [0.2, 0.25) is 5.91 Å². The summed E-state index contributed by atoms with van der Waals surface area (Å²) >= 11 is 0. The summed E-state index contributed by atoms with van der Waals surface area (Å²) in [5.74, 6) is 0.172. The monoisotopic (exact) mass is 243 g/mol. The van der Waals surface area contributed by atoms with Gasteiger partial charge in [-0.1, -0.05) is 6.92 Å². The molecule has 0 saturated carbocycles. The van der Waals surface area contributed by atoms with E-state index in [1.807, 2.05) is 18.7 Å². The highest BCUT2D eigenvalue weighted by atomic mass is 16.3. The van der Waals surface area contributed by atoms with Crippen LogP contribution in [0.2, 0.25) is 0 Å². The van der Waals surface area contributed by atoms with Crippen molar-refractivity contribution in [3.05, 3.63) is 0 Å². The predicted molar refractivity (Wildman–Crippen MR) is 67.6 cm³/mol. The molecule has 1 rings (SSSR count). The van der Waals surface area contributed by atoms with E-state index in [2.05, 4.69) is 4.90 Å². The first kappa shape index (κ1) is 14.4. The summed E-state index contributed by atoms with van der Waals surface area (Å²) in [6.07, 6.45) is 0.777. The molecule has 1 heterocycles. The van der Waals surface area contributed by atoms with Crippen molar-refractivity contribution in [1.29, 1.82) is 0 Å². The van der Waals surface area contributed by atoms with Gasteiger partial charge >= 0.3 is 0 Å². The summed E-state index contributed by atoms with van der Waals surface area (Å²) in [5.41, 5.74) is 5.29. The van der Waals surface area contributed by atoms with E-state index >= 15 is 0 Å². The molecular weight excluding hydrogens is 218 g/mol. The van der Waals surface area contributed by atoms with Crippen LogP contribution in [-0.4, -0.2) is 66.7 Å². The minimum atomic E-state index is -0.418. The third-order valence-electron chi connectivity index (χ3n) is 3.82. The SMILES string of the molecule is CCC(C)(CN)C(=O)N1CCN(CCO)CC1. The quantitative estimate of drug-likeness (QED) is 0.683. The Morgan fingerprint density at radius 2 is 1.94 bits per heavy atom. The number of carbonyl (C=O) groups is 1.